The van der Waals surface area contributed by atoms with Gasteiger partial charge in [-0.15, -0.1) is 0 Å². The highest BCUT2D eigenvalue weighted by atomic mass is 35.5. The Kier molecular flexibility index (Phi) is 7.15. The molecule has 168 valence electrons. The second kappa shape index (κ2) is 9.47. The van der Waals surface area contributed by atoms with Crippen molar-refractivity contribution in [3.63, 3.8) is 0 Å². The number of hydrogen-bond donors (Lipinski definition) is 0. The van der Waals surface area contributed by atoms with Crippen LogP contribution < -0.4 is 0 Å². The van der Waals surface area contributed by atoms with Gasteiger partial charge in [-0.25, -0.2) is 0 Å². The minimum atomic E-state index is -0.261. The number of amides is 2. The summed E-state index contributed by atoms with van der Waals surface area (Å²) < 4.78 is 2.18. The second-order valence-electron chi connectivity index (χ2n) is 10.0. The van der Waals surface area contributed by atoms with Crippen molar-refractivity contribution in [2.45, 2.75) is 53.6 Å². The molecule has 3 rings (SSSR count). The van der Waals surface area contributed by atoms with E-state index in [1.165, 1.54) is 0 Å². The molecule has 2 amide bonds. The standard InChI is InChI=1S/C25H34ClN3O2/c1-18(2)16-28(22(30)15-25(3,4)5)17-23(31)29-14-13-27-12-8-11-21(27)24(29)19-9-6-7-10-20(19)26/h6-12,18,24H,13-17H2,1-5H3. The first kappa shape index (κ1) is 23.4. The molecule has 2 heterocycles. The van der Waals surface area contributed by atoms with Gasteiger partial charge in [0.1, 0.15) is 0 Å². The zero-order valence-electron chi connectivity index (χ0n) is 19.3. The zero-order valence-corrected chi connectivity index (χ0v) is 20.0. The molecule has 2 aromatic rings. The van der Waals surface area contributed by atoms with Crippen molar-refractivity contribution < 1.29 is 9.59 Å². The van der Waals surface area contributed by atoms with E-state index in [0.29, 0.717) is 24.5 Å². The third kappa shape index (κ3) is 5.70. The molecule has 0 radical (unpaired) electrons. The van der Waals surface area contributed by atoms with Gasteiger partial charge in [0, 0.05) is 43.0 Å². The van der Waals surface area contributed by atoms with Gasteiger partial charge in [0.05, 0.1) is 12.6 Å². The van der Waals surface area contributed by atoms with Crippen LogP contribution in [0.1, 0.15) is 58.3 Å². The lowest BCUT2D eigenvalue weighted by atomic mass is 9.91. The normalized spacial score (nSPS) is 16.4. The molecule has 1 aliphatic heterocycles. The van der Waals surface area contributed by atoms with Gasteiger partial charge in [-0.05, 0) is 35.1 Å². The fourth-order valence-corrected chi connectivity index (χ4v) is 4.43. The number of carbonyl (C=O) groups excluding carboxylic acids is 2. The smallest absolute Gasteiger partial charge is 0.243 e. The lowest BCUT2D eigenvalue weighted by Crippen LogP contribution is -2.49. The topological polar surface area (TPSA) is 45.6 Å². The average molecular weight is 444 g/mol. The Hall–Kier alpha value is -2.27. The van der Waals surface area contributed by atoms with Crippen LogP contribution in [0.3, 0.4) is 0 Å². The molecular formula is C25H34ClN3O2. The Labute approximate surface area is 191 Å². The van der Waals surface area contributed by atoms with E-state index >= 15 is 0 Å². The van der Waals surface area contributed by atoms with E-state index in [4.69, 9.17) is 11.6 Å². The first-order valence-corrected chi connectivity index (χ1v) is 11.4. The molecule has 31 heavy (non-hydrogen) atoms. The van der Waals surface area contributed by atoms with E-state index in [1.54, 1.807) is 4.90 Å². The highest BCUT2D eigenvalue weighted by molar-refractivity contribution is 6.31. The minimum absolute atomic E-state index is 0.0317. The third-order valence-electron chi connectivity index (χ3n) is 5.50. The minimum Gasteiger partial charge on any atom is -0.348 e. The molecule has 0 fully saturated rings. The Morgan fingerprint density at radius 3 is 2.48 bits per heavy atom. The number of carbonyl (C=O) groups is 2. The van der Waals surface area contributed by atoms with Crippen molar-refractivity contribution in [1.29, 1.82) is 0 Å². The van der Waals surface area contributed by atoms with Gasteiger partial charge in [0.15, 0.2) is 0 Å². The Balaban J connectivity index is 1.89. The lowest BCUT2D eigenvalue weighted by molar-refractivity contribution is -0.143. The van der Waals surface area contributed by atoms with E-state index in [2.05, 4.69) is 18.4 Å². The van der Waals surface area contributed by atoms with Crippen LogP contribution in [0.4, 0.5) is 0 Å². The molecule has 0 bridgehead atoms. The van der Waals surface area contributed by atoms with Gasteiger partial charge in [-0.1, -0.05) is 64.4 Å². The van der Waals surface area contributed by atoms with Crippen LogP contribution in [0.5, 0.6) is 0 Å². The number of benzene rings is 1. The van der Waals surface area contributed by atoms with Crippen molar-refractivity contribution >= 4 is 23.4 Å². The van der Waals surface area contributed by atoms with Crippen molar-refractivity contribution in [3.05, 3.63) is 58.9 Å². The molecule has 1 unspecified atom stereocenters. The Morgan fingerprint density at radius 1 is 1.13 bits per heavy atom. The number of rotatable bonds is 6. The largest absolute Gasteiger partial charge is 0.348 e. The fourth-order valence-electron chi connectivity index (χ4n) is 4.19. The van der Waals surface area contributed by atoms with Crippen LogP contribution in [-0.2, 0) is 16.1 Å². The molecular weight excluding hydrogens is 410 g/mol. The SMILES string of the molecule is CC(C)CN(CC(=O)N1CCn2cccc2C1c1ccccc1Cl)C(=O)CC(C)(C)C. The fraction of sp³-hybridized carbons (Fsp3) is 0.520. The predicted molar refractivity (Wildman–Crippen MR) is 125 cm³/mol. The van der Waals surface area contributed by atoms with Crippen molar-refractivity contribution in [3.8, 4) is 0 Å². The molecule has 0 N–H and O–H groups in total. The molecule has 1 aromatic carbocycles. The number of aromatic nitrogens is 1. The molecule has 0 aliphatic carbocycles. The molecule has 0 saturated carbocycles. The summed E-state index contributed by atoms with van der Waals surface area (Å²) in [4.78, 5) is 30.2. The molecule has 5 nitrogen and oxygen atoms in total. The molecule has 0 saturated heterocycles. The highest BCUT2D eigenvalue weighted by Crippen LogP contribution is 2.36. The number of halogens is 1. The molecule has 1 aliphatic rings. The molecule has 1 aromatic heterocycles. The van der Waals surface area contributed by atoms with E-state index in [9.17, 15) is 9.59 Å². The van der Waals surface area contributed by atoms with Crippen molar-refractivity contribution in [2.75, 3.05) is 19.6 Å². The monoisotopic (exact) mass is 443 g/mol. The summed E-state index contributed by atoms with van der Waals surface area (Å²) >= 11 is 6.55. The number of hydrogen-bond acceptors (Lipinski definition) is 2. The van der Waals surface area contributed by atoms with E-state index in [0.717, 1.165) is 17.8 Å². The average Bonchev–Trinajstić information content (AvgIpc) is 3.14. The third-order valence-corrected chi connectivity index (χ3v) is 5.85. The maximum Gasteiger partial charge on any atom is 0.243 e. The summed E-state index contributed by atoms with van der Waals surface area (Å²) in [5, 5.41) is 0.641. The number of nitrogens with zero attached hydrogens (tertiary/aromatic N) is 3. The van der Waals surface area contributed by atoms with E-state index in [-0.39, 0.29) is 35.7 Å². The van der Waals surface area contributed by atoms with E-state index in [1.807, 2.05) is 68.3 Å². The summed E-state index contributed by atoms with van der Waals surface area (Å²) in [7, 11) is 0. The molecule has 1 atom stereocenters. The highest BCUT2D eigenvalue weighted by Gasteiger charge is 2.34. The number of fused-ring (bicyclic) bond motifs is 1. The van der Waals surface area contributed by atoms with Gasteiger partial charge in [-0.3, -0.25) is 9.59 Å². The van der Waals surface area contributed by atoms with Gasteiger partial charge >= 0.3 is 0 Å². The first-order chi connectivity index (χ1) is 14.6. The van der Waals surface area contributed by atoms with Gasteiger partial charge < -0.3 is 14.4 Å². The Morgan fingerprint density at radius 2 is 1.84 bits per heavy atom. The predicted octanol–water partition coefficient (Wildman–Crippen LogP) is 4.99. The quantitative estimate of drug-likeness (QED) is 0.631. The Bertz CT molecular complexity index is 929. The zero-order chi connectivity index (χ0) is 22.8. The summed E-state index contributed by atoms with van der Waals surface area (Å²) in [6.07, 6.45) is 2.46. The molecule has 0 spiro atoms. The van der Waals surface area contributed by atoms with Gasteiger partial charge in [0.2, 0.25) is 11.8 Å². The van der Waals surface area contributed by atoms with Crippen LogP contribution in [0.25, 0.3) is 0 Å². The first-order valence-electron chi connectivity index (χ1n) is 11.0. The second-order valence-corrected chi connectivity index (χ2v) is 10.5. The maximum absolute atomic E-state index is 13.6. The van der Waals surface area contributed by atoms with Crippen LogP contribution in [0, 0.1) is 11.3 Å². The van der Waals surface area contributed by atoms with Crippen molar-refractivity contribution in [1.82, 2.24) is 14.4 Å². The van der Waals surface area contributed by atoms with Crippen LogP contribution in [-0.4, -0.2) is 45.8 Å². The van der Waals surface area contributed by atoms with E-state index < -0.39 is 0 Å². The van der Waals surface area contributed by atoms with Crippen LogP contribution in [0.15, 0.2) is 42.6 Å². The van der Waals surface area contributed by atoms with Gasteiger partial charge in [0.25, 0.3) is 0 Å². The van der Waals surface area contributed by atoms with Gasteiger partial charge in [-0.2, -0.15) is 0 Å². The van der Waals surface area contributed by atoms with Crippen molar-refractivity contribution in [2.24, 2.45) is 11.3 Å². The maximum atomic E-state index is 13.6. The lowest BCUT2D eigenvalue weighted by Gasteiger charge is -2.39. The molecule has 6 heteroatoms. The summed E-state index contributed by atoms with van der Waals surface area (Å²) in [5.74, 6) is 0.277. The summed E-state index contributed by atoms with van der Waals surface area (Å²) in [6, 6.07) is 11.5. The summed E-state index contributed by atoms with van der Waals surface area (Å²) in [6.45, 7) is 12.3. The van der Waals surface area contributed by atoms with Crippen LogP contribution in [0.2, 0.25) is 5.02 Å². The summed E-state index contributed by atoms with van der Waals surface area (Å²) in [5.41, 5.74) is 1.83. The van der Waals surface area contributed by atoms with Crippen LogP contribution >= 0.6 is 11.6 Å².